The van der Waals surface area contributed by atoms with E-state index >= 15 is 0 Å². The van der Waals surface area contributed by atoms with Gasteiger partial charge in [0.2, 0.25) is 0 Å². The predicted octanol–water partition coefficient (Wildman–Crippen LogP) is 2.57. The van der Waals surface area contributed by atoms with Crippen LogP contribution in [0.25, 0.3) is 0 Å². The maximum Gasteiger partial charge on any atom is 0.417 e. The molecule has 0 saturated carbocycles. The number of likely N-dealkylation sites (N-methyl/N-ethyl adjacent to an activating group) is 1. The summed E-state index contributed by atoms with van der Waals surface area (Å²) in [6.07, 6.45) is -4.48. The van der Waals surface area contributed by atoms with E-state index in [-0.39, 0.29) is 24.0 Å². The fourth-order valence-corrected chi connectivity index (χ4v) is 2.90. The van der Waals surface area contributed by atoms with Gasteiger partial charge in [0.15, 0.2) is 0 Å². The van der Waals surface area contributed by atoms with Crippen LogP contribution in [0.2, 0.25) is 0 Å². The third-order valence-corrected chi connectivity index (χ3v) is 3.82. The maximum atomic E-state index is 13.0. The highest BCUT2D eigenvalue weighted by atomic mass is 35.5. The van der Waals surface area contributed by atoms with E-state index in [0.29, 0.717) is 25.2 Å². The summed E-state index contributed by atoms with van der Waals surface area (Å²) in [5, 5.41) is 0. The van der Waals surface area contributed by atoms with E-state index in [1.54, 1.807) is 11.0 Å². The molecule has 1 amide bonds. The summed E-state index contributed by atoms with van der Waals surface area (Å²) in [6, 6.07) is 3.75. The van der Waals surface area contributed by atoms with E-state index in [9.17, 15) is 18.0 Å². The van der Waals surface area contributed by atoms with Crippen molar-refractivity contribution in [2.75, 3.05) is 26.7 Å². The number of fused-ring (bicyclic) bond motifs is 3. The molecule has 2 heterocycles. The number of nitrogens with zero attached hydrogens (tertiary/aromatic N) is 2. The van der Waals surface area contributed by atoms with Gasteiger partial charge in [-0.3, -0.25) is 4.79 Å². The van der Waals surface area contributed by atoms with E-state index in [4.69, 9.17) is 0 Å². The summed E-state index contributed by atoms with van der Waals surface area (Å²) in [6.45, 7) is 1.75. The normalized spacial score (nSPS) is 22.3. The zero-order chi connectivity index (χ0) is 13.8. The van der Waals surface area contributed by atoms with Crippen molar-refractivity contribution in [3.63, 3.8) is 0 Å². The molecule has 110 valence electrons. The van der Waals surface area contributed by atoms with Crippen molar-refractivity contribution in [3.05, 3.63) is 34.9 Å². The number of benzene rings is 1. The van der Waals surface area contributed by atoms with Gasteiger partial charge in [0.25, 0.3) is 5.91 Å². The molecule has 3 nitrogen and oxygen atoms in total. The molecule has 1 unspecified atom stereocenters. The van der Waals surface area contributed by atoms with E-state index in [0.717, 1.165) is 6.07 Å². The number of hydrogen-bond donors (Lipinski definition) is 0. The molecule has 0 N–H and O–H groups in total. The van der Waals surface area contributed by atoms with Crippen LogP contribution < -0.4 is 0 Å². The predicted molar refractivity (Wildman–Crippen MR) is 70.0 cm³/mol. The van der Waals surface area contributed by atoms with Gasteiger partial charge < -0.3 is 9.80 Å². The van der Waals surface area contributed by atoms with Gasteiger partial charge in [-0.25, -0.2) is 0 Å². The van der Waals surface area contributed by atoms with E-state index in [2.05, 4.69) is 0 Å². The number of amides is 1. The lowest BCUT2D eigenvalue weighted by Crippen LogP contribution is -2.45. The number of alkyl halides is 3. The molecule has 1 saturated heterocycles. The van der Waals surface area contributed by atoms with E-state index in [1.165, 1.54) is 6.07 Å². The average molecular weight is 307 g/mol. The second-order valence-electron chi connectivity index (χ2n) is 5.04. The Hall–Kier alpha value is -1.27. The van der Waals surface area contributed by atoms with E-state index in [1.807, 2.05) is 11.9 Å². The Kier molecular flexibility index (Phi) is 3.73. The molecule has 1 atom stereocenters. The Morgan fingerprint density at radius 2 is 1.95 bits per heavy atom. The van der Waals surface area contributed by atoms with Gasteiger partial charge in [-0.1, -0.05) is 12.1 Å². The van der Waals surface area contributed by atoms with Crippen molar-refractivity contribution in [1.82, 2.24) is 9.80 Å². The smallest absolute Gasteiger partial charge is 0.329 e. The molecule has 3 rings (SSSR count). The van der Waals surface area contributed by atoms with Crippen LogP contribution in [0.3, 0.4) is 0 Å². The largest absolute Gasteiger partial charge is 0.417 e. The highest BCUT2D eigenvalue weighted by Crippen LogP contribution is 2.42. The number of carbonyl (C=O) groups excluding carboxylic acids is 1. The zero-order valence-electron chi connectivity index (χ0n) is 10.8. The van der Waals surface area contributed by atoms with Crippen LogP contribution in [0.4, 0.5) is 13.2 Å². The minimum Gasteiger partial charge on any atom is -0.329 e. The van der Waals surface area contributed by atoms with Gasteiger partial charge in [-0.05, 0) is 18.7 Å². The summed E-state index contributed by atoms with van der Waals surface area (Å²) < 4.78 is 39.0. The molecule has 20 heavy (non-hydrogen) atoms. The summed E-state index contributed by atoms with van der Waals surface area (Å²) in [7, 11) is 1.91. The molecular formula is C13H14ClF3N2O. The molecule has 0 aliphatic carbocycles. The van der Waals surface area contributed by atoms with Gasteiger partial charge >= 0.3 is 6.18 Å². The van der Waals surface area contributed by atoms with Crippen LogP contribution in [0, 0.1) is 0 Å². The molecule has 1 fully saturated rings. The lowest BCUT2D eigenvalue weighted by atomic mass is 9.98. The second kappa shape index (κ2) is 4.93. The number of hydrogen-bond acceptors (Lipinski definition) is 2. The molecule has 0 bridgehead atoms. The first-order valence-corrected chi connectivity index (χ1v) is 6.09. The first-order valence-electron chi connectivity index (χ1n) is 6.09. The van der Waals surface area contributed by atoms with Gasteiger partial charge in [0, 0.05) is 19.6 Å². The highest BCUT2D eigenvalue weighted by molar-refractivity contribution is 6.01. The van der Waals surface area contributed by atoms with Gasteiger partial charge in [-0.2, -0.15) is 13.2 Å². The van der Waals surface area contributed by atoms with Crippen LogP contribution >= 0.6 is 12.4 Å². The number of rotatable bonds is 0. The number of halogens is 4. The molecule has 2 aliphatic heterocycles. The van der Waals surface area contributed by atoms with Crippen LogP contribution in [0.15, 0.2) is 18.2 Å². The first-order chi connectivity index (χ1) is 8.89. The second-order valence-corrected chi connectivity index (χ2v) is 5.04. The highest BCUT2D eigenvalue weighted by Gasteiger charge is 2.45. The Labute approximate surface area is 120 Å². The number of piperazine rings is 1. The molecule has 1 aromatic rings. The summed E-state index contributed by atoms with van der Waals surface area (Å²) in [4.78, 5) is 15.8. The van der Waals surface area contributed by atoms with Crippen molar-refractivity contribution >= 4 is 18.3 Å². The van der Waals surface area contributed by atoms with Crippen molar-refractivity contribution in [3.8, 4) is 0 Å². The Morgan fingerprint density at radius 3 is 2.60 bits per heavy atom. The molecule has 0 radical (unpaired) electrons. The minimum atomic E-state index is -4.48. The Bertz CT molecular complexity index is 547. The molecule has 0 spiro atoms. The monoisotopic (exact) mass is 306 g/mol. The first kappa shape index (κ1) is 15.1. The fraction of sp³-hybridized carbons (Fsp3) is 0.462. The SMILES string of the molecule is CN1CCN2C(=O)c3c(cccc3C(F)(F)F)C2C1.Cl. The summed E-state index contributed by atoms with van der Waals surface area (Å²) in [5.74, 6) is -0.485. The lowest BCUT2D eigenvalue weighted by Gasteiger charge is -2.35. The van der Waals surface area contributed by atoms with Crippen LogP contribution in [0.1, 0.15) is 27.5 Å². The molecule has 0 aromatic heterocycles. The lowest BCUT2D eigenvalue weighted by molar-refractivity contribution is -0.137. The van der Waals surface area contributed by atoms with Gasteiger partial charge in [0.1, 0.15) is 0 Å². The third-order valence-electron chi connectivity index (χ3n) is 3.82. The van der Waals surface area contributed by atoms with Crippen molar-refractivity contribution in [1.29, 1.82) is 0 Å². The standard InChI is InChI=1S/C13H13F3N2O.ClH/c1-17-5-6-18-10(7-17)8-3-2-4-9(13(14,15)16)11(8)12(18)19;/h2-4,10H,5-7H2,1H3;1H. The van der Waals surface area contributed by atoms with Crippen molar-refractivity contribution in [2.24, 2.45) is 0 Å². The Morgan fingerprint density at radius 1 is 1.25 bits per heavy atom. The van der Waals surface area contributed by atoms with Crippen LogP contribution in [-0.2, 0) is 6.18 Å². The third kappa shape index (κ3) is 2.16. The summed E-state index contributed by atoms with van der Waals surface area (Å²) in [5.41, 5.74) is -0.464. The topological polar surface area (TPSA) is 23.6 Å². The van der Waals surface area contributed by atoms with Gasteiger partial charge in [-0.15, -0.1) is 12.4 Å². The number of carbonyl (C=O) groups is 1. The van der Waals surface area contributed by atoms with Crippen LogP contribution in [-0.4, -0.2) is 42.4 Å². The molecule has 2 aliphatic rings. The Balaban J connectivity index is 0.00000147. The zero-order valence-corrected chi connectivity index (χ0v) is 11.6. The van der Waals surface area contributed by atoms with Crippen molar-refractivity contribution < 1.29 is 18.0 Å². The van der Waals surface area contributed by atoms with Crippen molar-refractivity contribution in [2.45, 2.75) is 12.2 Å². The average Bonchev–Trinajstić information content (AvgIpc) is 2.62. The van der Waals surface area contributed by atoms with Crippen LogP contribution in [0.5, 0.6) is 0 Å². The van der Waals surface area contributed by atoms with Gasteiger partial charge in [0.05, 0.1) is 17.2 Å². The molecule has 1 aromatic carbocycles. The quantitative estimate of drug-likeness (QED) is 0.735. The molecule has 7 heteroatoms. The summed E-state index contributed by atoms with van der Waals surface area (Å²) >= 11 is 0. The molecular weight excluding hydrogens is 293 g/mol. The fourth-order valence-electron chi connectivity index (χ4n) is 2.90. The maximum absolute atomic E-state index is 13.0. The minimum absolute atomic E-state index is 0. The van der Waals surface area contributed by atoms with E-state index < -0.39 is 17.6 Å².